The van der Waals surface area contributed by atoms with Gasteiger partial charge in [-0.05, 0) is 127 Å². The van der Waals surface area contributed by atoms with Gasteiger partial charge in [-0.15, -0.1) is 11.6 Å². The number of benzene rings is 4. The average molecular weight is 1800 g/mol. The molecule has 0 saturated carbocycles. The third kappa shape index (κ3) is 24.4. The molecule has 13 N–H and O–H groups in total. The number of nitrogens with zero attached hydrogens (tertiary/aromatic N) is 5. The van der Waals surface area contributed by atoms with Crippen molar-refractivity contribution >= 4 is 47.0 Å². The number of aryl methyl sites for hydroxylation is 3. The molecule has 5 amide bonds. The smallest absolute Gasteiger partial charge is 0.351 e. The summed E-state index contributed by atoms with van der Waals surface area (Å²) in [4.78, 5) is 152. The maximum absolute atomic E-state index is 12.7. The van der Waals surface area contributed by atoms with Gasteiger partial charge in [-0.25, -0.2) is 19.2 Å². The largest absolute Gasteiger partial charge is 0.497 e. The number of rotatable bonds is 27. The lowest BCUT2D eigenvalue weighted by atomic mass is 9.84. The summed E-state index contributed by atoms with van der Waals surface area (Å²) in [5, 5.41) is 63.4. The molecule has 0 aliphatic carbocycles. The highest BCUT2D eigenvalue weighted by Crippen LogP contribution is 2.44. The Morgan fingerprint density at radius 3 is 1.03 bits per heavy atom. The van der Waals surface area contributed by atoms with Crippen LogP contribution in [0.5, 0.6) is 11.5 Å². The van der Waals surface area contributed by atoms with E-state index in [-0.39, 0.29) is 29.1 Å². The fourth-order valence-corrected chi connectivity index (χ4v) is 14.5. The first-order valence-electron chi connectivity index (χ1n) is 40.8. The Morgan fingerprint density at radius 2 is 0.740 bits per heavy atom. The molecule has 12 rings (SSSR count). The van der Waals surface area contributed by atoms with Crippen LogP contribution >= 0.6 is 11.6 Å². The molecular formula is C86H112ClN13O27. The molecule has 4 aliphatic rings. The van der Waals surface area contributed by atoms with E-state index in [0.29, 0.717) is 36.0 Å². The number of aromatic amines is 3. The molecule has 41 heteroatoms. The van der Waals surface area contributed by atoms with Gasteiger partial charge in [0, 0.05) is 75.2 Å². The van der Waals surface area contributed by atoms with Gasteiger partial charge in [-0.3, -0.25) is 71.6 Å². The number of carbonyl (C=O) groups is 5. The summed E-state index contributed by atoms with van der Waals surface area (Å²) < 4.78 is 60.6. The number of hydrogen-bond acceptors (Lipinski definition) is 28. The summed E-state index contributed by atoms with van der Waals surface area (Å²) in [5.41, 5.74) is 0.0448. The minimum absolute atomic E-state index is 0.0805. The molecule has 4 aliphatic heterocycles. The molecule has 4 fully saturated rings. The lowest BCUT2D eigenvalue weighted by Gasteiger charge is -2.29. The second kappa shape index (κ2) is 46.3. The number of nitrogens with one attached hydrogen (secondary N) is 8. The van der Waals surface area contributed by atoms with Gasteiger partial charge >= 0.3 is 22.8 Å². The molecule has 690 valence electrons. The van der Waals surface area contributed by atoms with Crippen molar-refractivity contribution in [3.8, 4) is 11.5 Å². The molecule has 8 aromatic rings. The number of hydrogen-bond donors (Lipinski definition) is 13. The maximum Gasteiger partial charge on any atom is 0.351 e. The molecule has 0 bridgehead atoms. The van der Waals surface area contributed by atoms with Crippen LogP contribution in [0.25, 0.3) is 0 Å². The van der Waals surface area contributed by atoms with E-state index in [1.807, 2.05) is 99.6 Å². The van der Waals surface area contributed by atoms with E-state index in [1.54, 1.807) is 79.2 Å². The Balaban J connectivity index is 0.000000197. The standard InChI is InChI=1S/C21H19ClO2.C21H26N4O6.2C15H23N3O6.C14H21N3O7/c1-23-19-12-8-17(9-13-19)21(22,16-6-4-3-5-7-16)18-10-14-20(24-2)15-11-18;1-4-14-16(26)17(30-12(2)18(27)22-3)20(31-14)25-11-10-15(24-21(25)29)23-19(28)13-8-6-5-7-9-13;2*1-5-9-10(19)11(23-8(3)13(21)16-4)14(24-9)18-6-7(2)12(20)17-15(18)22;1-6-4-17(14(22)16-11(6)20)13-10(9(19)8(5-18)24-13)23-7(2)12(21)15-3/h3-15H,1-2H3;5-12,14,16-17,20,26H,4H2,1-3H3,(H,22,27)(H,23,24,28,29);2*6,8-11,14,19H,5H2,1-4H3,(H,16,21)(H,17,20,22);4,7-10,13,18-19H,5H2,1-3H3,(H,15,21)(H,16,20,22)/t;12?,14-,16?,17+,20-;2*8?,9-,10?,11+,14-;7?,8-,9?,10+,13-/m.1111/s1. The first kappa shape index (κ1) is 101. The van der Waals surface area contributed by atoms with E-state index in [9.17, 15) is 83.1 Å². The van der Waals surface area contributed by atoms with Gasteiger partial charge in [0.25, 0.3) is 22.6 Å². The zero-order valence-corrected chi connectivity index (χ0v) is 73.7. The lowest BCUT2D eigenvalue weighted by Crippen LogP contribution is -2.44. The number of aliphatic hydroxyl groups excluding tert-OH is 5. The summed E-state index contributed by atoms with van der Waals surface area (Å²) >= 11 is 7.22. The van der Waals surface area contributed by atoms with Gasteiger partial charge < -0.3 is 99.5 Å². The summed E-state index contributed by atoms with van der Waals surface area (Å²) in [6.45, 7) is 15.7. The fraction of sp³-hybridized carbons (Fsp3) is 0.477. The molecule has 4 aromatic heterocycles. The predicted octanol–water partition coefficient (Wildman–Crippen LogP) is 1.60. The number of carbonyl (C=O) groups excluding carboxylic acids is 5. The maximum atomic E-state index is 12.7. The molecule has 40 nitrogen and oxygen atoms in total. The number of H-pyrrole nitrogens is 3. The van der Waals surface area contributed by atoms with Crippen LogP contribution < -0.4 is 75.5 Å². The van der Waals surface area contributed by atoms with E-state index in [0.717, 1.165) is 32.8 Å². The zero-order chi connectivity index (χ0) is 93.6. The van der Waals surface area contributed by atoms with Crippen molar-refractivity contribution in [3.63, 3.8) is 0 Å². The quantitative estimate of drug-likeness (QED) is 0.0257. The second-order valence-electron chi connectivity index (χ2n) is 29.8. The highest BCUT2D eigenvalue weighted by Gasteiger charge is 2.51. The molecule has 127 heavy (non-hydrogen) atoms. The fourth-order valence-electron chi connectivity index (χ4n) is 14.1. The first-order valence-corrected chi connectivity index (χ1v) is 41.2. The van der Waals surface area contributed by atoms with Gasteiger partial charge in [0.15, 0.2) is 24.9 Å². The number of amides is 5. The number of aromatic nitrogens is 8. The summed E-state index contributed by atoms with van der Waals surface area (Å²) in [5.74, 6) is -0.201. The number of anilines is 1. The topological polar surface area (TPSA) is 538 Å². The third-order valence-corrected chi connectivity index (χ3v) is 22.0. The van der Waals surface area contributed by atoms with E-state index in [4.69, 9.17) is 59.0 Å². The monoisotopic (exact) mass is 1790 g/mol. The van der Waals surface area contributed by atoms with Crippen molar-refractivity contribution in [1.82, 2.24) is 59.5 Å². The Morgan fingerprint density at radius 1 is 0.449 bits per heavy atom. The Kier molecular flexibility index (Phi) is 36.8. The van der Waals surface area contributed by atoms with Gasteiger partial charge in [-0.2, -0.15) is 4.98 Å². The number of methoxy groups -OCH3 is 2. The van der Waals surface area contributed by atoms with E-state index < -0.39 is 185 Å². The highest BCUT2D eigenvalue weighted by molar-refractivity contribution is 6.28. The highest BCUT2D eigenvalue weighted by atomic mass is 35.5. The van der Waals surface area contributed by atoms with Crippen LogP contribution in [0.2, 0.25) is 0 Å². The van der Waals surface area contributed by atoms with E-state index >= 15 is 0 Å². The van der Waals surface area contributed by atoms with Gasteiger partial charge in [0.05, 0.1) is 39.1 Å². The van der Waals surface area contributed by atoms with Crippen LogP contribution in [-0.2, 0) is 61.9 Å². The summed E-state index contributed by atoms with van der Waals surface area (Å²) in [7, 11) is 9.19. The molecule has 20 atom stereocenters. The molecule has 4 aromatic carbocycles. The van der Waals surface area contributed by atoms with Crippen molar-refractivity contribution < 1.29 is 96.9 Å². The number of likely N-dealkylation sites (N-methyl/N-ethyl adjacent to an activating group) is 4. The van der Waals surface area contributed by atoms with Crippen LogP contribution in [0.15, 0.2) is 174 Å². The number of alkyl halides is 1. The van der Waals surface area contributed by atoms with Gasteiger partial charge in [0.2, 0.25) is 23.6 Å². The number of halogens is 1. The van der Waals surface area contributed by atoms with Crippen molar-refractivity contribution in [2.24, 2.45) is 0 Å². The Bertz CT molecular complexity index is 5110. The van der Waals surface area contributed by atoms with Crippen LogP contribution in [-0.4, -0.2) is 240 Å². The van der Waals surface area contributed by atoms with E-state index in [2.05, 4.69) is 46.5 Å². The van der Waals surface area contributed by atoms with Gasteiger partial charge in [-0.1, -0.05) is 93.6 Å². The normalized spacial score (nSPS) is 23.7. The van der Waals surface area contributed by atoms with Crippen LogP contribution in [0, 0.1) is 20.8 Å². The Hall–Kier alpha value is -11.5. The molecule has 8 heterocycles. The second-order valence-corrected chi connectivity index (χ2v) is 30.4. The number of aliphatic hydroxyl groups is 5. The Labute approximate surface area is 733 Å². The SMILES string of the molecule is CC[C@H]1O[C@@H](n2cc(C)c(=O)[nH]c2=O)[C@@H](OC(C)C(=O)NC)C1O.CC[C@H]1O[C@@H](n2cc(C)c(=O)[nH]c2=O)[C@@H](OC(C)C(=O)NC)C1O.CC[C@H]1O[C@@H](n2ccc(NC(=O)c3ccccc3)nc2=O)[C@@H](OC(C)C(=O)NC)C1O.CNC(=O)C(C)O[C@H]1C(O)[C@@H](CO)O[C@H]1n1cc(C)c(=O)[nH]c1=O.COc1ccc(C(Cl)(c2ccccc2)c2ccc(OC)cc2)cc1. The summed E-state index contributed by atoms with van der Waals surface area (Å²) in [6, 6.07) is 35.8. The third-order valence-electron chi connectivity index (χ3n) is 21.3. The van der Waals surface area contributed by atoms with Crippen molar-refractivity contribution in [3.05, 3.63) is 252 Å². The summed E-state index contributed by atoms with van der Waals surface area (Å²) in [6.07, 6.45) is -11.4. The molecule has 4 saturated heterocycles. The van der Waals surface area contributed by atoms with Crippen LogP contribution in [0.3, 0.4) is 0 Å². The molecule has 0 spiro atoms. The van der Waals surface area contributed by atoms with Crippen molar-refractivity contribution in [1.29, 1.82) is 0 Å². The molecule has 0 radical (unpaired) electrons. The lowest BCUT2D eigenvalue weighted by molar-refractivity contribution is -0.144. The van der Waals surface area contributed by atoms with Crippen LogP contribution in [0.4, 0.5) is 5.82 Å². The van der Waals surface area contributed by atoms with Crippen molar-refractivity contribution in [2.45, 2.75) is 216 Å². The number of ether oxygens (including phenoxy) is 10. The zero-order valence-electron chi connectivity index (χ0n) is 73.0. The minimum Gasteiger partial charge on any atom is -0.497 e. The molecular weight excluding hydrogens is 1680 g/mol. The molecule has 8 unspecified atom stereocenters. The van der Waals surface area contributed by atoms with Crippen molar-refractivity contribution in [2.75, 3.05) is 54.3 Å². The van der Waals surface area contributed by atoms with Gasteiger partial charge in [0.1, 0.15) is 102 Å². The predicted molar refractivity (Wildman–Crippen MR) is 460 cm³/mol. The average Bonchev–Trinajstić information content (AvgIpc) is 1.76. The van der Waals surface area contributed by atoms with Crippen LogP contribution in [0.1, 0.15) is 136 Å². The first-order chi connectivity index (χ1) is 60.4. The minimum atomic E-state index is -1.26. The van der Waals surface area contributed by atoms with E-state index in [1.165, 1.54) is 86.6 Å².